The number of rotatable bonds is 6. The molecule has 0 unspecified atom stereocenters. The Balaban J connectivity index is 1.71. The lowest BCUT2D eigenvalue weighted by Crippen LogP contribution is -2.24. The van der Waals surface area contributed by atoms with Crippen LogP contribution in [0.3, 0.4) is 0 Å². The van der Waals surface area contributed by atoms with Crippen LogP contribution in [0.25, 0.3) is 0 Å². The van der Waals surface area contributed by atoms with Crippen molar-refractivity contribution in [3.8, 4) is 0 Å². The van der Waals surface area contributed by atoms with E-state index in [0.29, 0.717) is 17.2 Å². The minimum absolute atomic E-state index is 0.286. The number of hydrogen-bond donors (Lipinski definition) is 2. The number of nitrogens with one attached hydrogen (secondary N) is 1. The zero-order valence-electron chi connectivity index (χ0n) is 8.63. The lowest BCUT2D eigenvalue weighted by Gasteiger charge is -2.13. The molecule has 1 saturated carbocycles. The fraction of sp³-hybridized carbons (Fsp3) is 0.636. The number of aliphatic hydroxyl groups is 1. The second-order valence-corrected chi connectivity index (χ2v) is 4.66. The first-order chi connectivity index (χ1) is 7.24. The Hall–Kier alpha value is -0.510. The van der Waals surface area contributed by atoms with Crippen molar-refractivity contribution in [2.24, 2.45) is 5.41 Å². The molecule has 2 N–H and O–H groups in total. The smallest absolute Gasteiger partial charge is 0.193 e. The fourth-order valence-corrected chi connectivity index (χ4v) is 1.99. The minimum Gasteiger partial charge on any atom is -0.448 e. The Morgan fingerprint density at radius 1 is 1.47 bits per heavy atom. The molecule has 1 heterocycles. The van der Waals surface area contributed by atoms with Crippen molar-refractivity contribution in [2.75, 3.05) is 13.2 Å². The molecule has 3 nitrogen and oxygen atoms in total. The third-order valence-corrected chi connectivity index (χ3v) is 3.23. The number of hydrogen-bond acceptors (Lipinski definition) is 3. The van der Waals surface area contributed by atoms with Gasteiger partial charge in [-0.1, -0.05) is 0 Å². The van der Waals surface area contributed by atoms with Crippen LogP contribution in [0, 0.1) is 5.41 Å². The average molecular weight is 230 g/mol. The van der Waals surface area contributed by atoms with Crippen molar-refractivity contribution in [1.82, 2.24) is 5.32 Å². The summed E-state index contributed by atoms with van der Waals surface area (Å²) in [5.74, 6) is 0.861. The van der Waals surface area contributed by atoms with Gasteiger partial charge >= 0.3 is 0 Å². The highest BCUT2D eigenvalue weighted by Crippen LogP contribution is 2.47. The van der Waals surface area contributed by atoms with Crippen molar-refractivity contribution in [1.29, 1.82) is 0 Å². The van der Waals surface area contributed by atoms with Crippen LogP contribution in [0.1, 0.15) is 25.0 Å². The van der Waals surface area contributed by atoms with E-state index < -0.39 is 0 Å². The molecule has 0 spiro atoms. The van der Waals surface area contributed by atoms with Crippen LogP contribution < -0.4 is 5.32 Å². The molecule has 1 aromatic heterocycles. The van der Waals surface area contributed by atoms with Gasteiger partial charge in [-0.05, 0) is 48.4 Å². The predicted octanol–water partition coefficient (Wildman–Crippen LogP) is 2.19. The van der Waals surface area contributed by atoms with Gasteiger partial charge in [0.05, 0.1) is 6.54 Å². The van der Waals surface area contributed by atoms with Gasteiger partial charge in [0.1, 0.15) is 5.76 Å². The van der Waals surface area contributed by atoms with Gasteiger partial charge in [0.15, 0.2) is 5.22 Å². The zero-order valence-corrected chi connectivity index (χ0v) is 9.39. The van der Waals surface area contributed by atoms with Crippen LogP contribution in [-0.4, -0.2) is 18.3 Å². The number of aliphatic hydroxyl groups excluding tert-OH is 1. The van der Waals surface area contributed by atoms with E-state index in [1.54, 1.807) is 6.07 Å². The molecule has 0 amide bonds. The summed E-state index contributed by atoms with van der Waals surface area (Å²) in [7, 11) is 0. The van der Waals surface area contributed by atoms with Gasteiger partial charge in [0, 0.05) is 13.2 Å². The van der Waals surface area contributed by atoms with Crippen LogP contribution in [0.5, 0.6) is 0 Å². The monoisotopic (exact) mass is 229 g/mol. The molecule has 1 aliphatic rings. The second-order valence-electron chi connectivity index (χ2n) is 4.28. The van der Waals surface area contributed by atoms with Crippen molar-refractivity contribution in [3.63, 3.8) is 0 Å². The molecule has 0 aromatic carbocycles. The lowest BCUT2D eigenvalue weighted by atomic mass is 10.0. The van der Waals surface area contributed by atoms with Crippen LogP contribution in [-0.2, 0) is 6.54 Å². The Labute approximate surface area is 94.4 Å². The quantitative estimate of drug-likeness (QED) is 0.786. The zero-order chi connectivity index (χ0) is 10.7. The van der Waals surface area contributed by atoms with Crippen LogP contribution in [0.2, 0.25) is 5.22 Å². The van der Waals surface area contributed by atoms with E-state index >= 15 is 0 Å². The maximum atomic E-state index is 8.90. The van der Waals surface area contributed by atoms with E-state index in [9.17, 15) is 0 Å². The Kier molecular flexibility index (Phi) is 3.34. The van der Waals surface area contributed by atoms with Crippen molar-refractivity contribution in [3.05, 3.63) is 23.1 Å². The normalized spacial score (nSPS) is 18.0. The van der Waals surface area contributed by atoms with Crippen molar-refractivity contribution < 1.29 is 9.52 Å². The highest BCUT2D eigenvalue weighted by atomic mass is 35.5. The molecule has 0 atom stereocenters. The SMILES string of the molecule is OCCC1(CNCc2ccc(Cl)o2)CC1. The molecule has 0 bridgehead atoms. The van der Waals surface area contributed by atoms with E-state index in [0.717, 1.165) is 18.7 Å². The van der Waals surface area contributed by atoms with E-state index in [1.165, 1.54) is 12.8 Å². The van der Waals surface area contributed by atoms with Gasteiger partial charge in [-0.3, -0.25) is 0 Å². The highest BCUT2D eigenvalue weighted by Gasteiger charge is 2.41. The summed E-state index contributed by atoms with van der Waals surface area (Å²) < 4.78 is 5.23. The van der Waals surface area contributed by atoms with Crippen LogP contribution in [0.15, 0.2) is 16.5 Å². The summed E-state index contributed by atoms with van der Waals surface area (Å²) >= 11 is 5.66. The number of halogens is 1. The summed E-state index contributed by atoms with van der Waals surface area (Å²) in [5.41, 5.74) is 0.352. The summed E-state index contributed by atoms with van der Waals surface area (Å²) in [6.07, 6.45) is 3.35. The largest absolute Gasteiger partial charge is 0.448 e. The Bertz CT molecular complexity index is 320. The predicted molar refractivity (Wildman–Crippen MR) is 58.8 cm³/mol. The average Bonchev–Trinajstić information content (AvgIpc) is 2.83. The maximum absolute atomic E-state index is 8.90. The van der Waals surface area contributed by atoms with Gasteiger partial charge in [-0.25, -0.2) is 0 Å². The fourth-order valence-electron chi connectivity index (χ4n) is 1.83. The van der Waals surface area contributed by atoms with Crippen molar-refractivity contribution >= 4 is 11.6 Å². The molecule has 0 saturated heterocycles. The molecule has 84 valence electrons. The highest BCUT2D eigenvalue weighted by molar-refractivity contribution is 6.28. The van der Waals surface area contributed by atoms with E-state index in [-0.39, 0.29) is 6.61 Å². The first-order valence-electron chi connectivity index (χ1n) is 5.30. The molecule has 2 rings (SSSR count). The van der Waals surface area contributed by atoms with Gasteiger partial charge in [0.25, 0.3) is 0 Å². The van der Waals surface area contributed by atoms with E-state index in [2.05, 4.69) is 5.32 Å². The molecule has 4 heteroatoms. The summed E-state index contributed by atoms with van der Waals surface area (Å²) in [6.45, 7) is 1.94. The third-order valence-electron chi connectivity index (χ3n) is 3.03. The molecular formula is C11H16ClNO2. The minimum atomic E-state index is 0.286. The molecule has 0 radical (unpaired) electrons. The summed E-state index contributed by atoms with van der Waals surface area (Å²) in [6, 6.07) is 3.63. The molecule has 1 aliphatic carbocycles. The molecule has 1 aromatic rings. The van der Waals surface area contributed by atoms with E-state index in [1.807, 2.05) is 6.07 Å². The maximum Gasteiger partial charge on any atom is 0.193 e. The lowest BCUT2D eigenvalue weighted by molar-refractivity contribution is 0.244. The summed E-state index contributed by atoms with van der Waals surface area (Å²) in [4.78, 5) is 0. The third kappa shape index (κ3) is 2.97. The van der Waals surface area contributed by atoms with Gasteiger partial charge in [0.2, 0.25) is 0 Å². The molecular weight excluding hydrogens is 214 g/mol. The standard InChI is InChI=1S/C11H16ClNO2/c12-10-2-1-9(15-10)7-13-8-11(3-4-11)5-6-14/h1-2,13-14H,3-8H2. The first kappa shape index (κ1) is 11.0. The van der Waals surface area contributed by atoms with Crippen LogP contribution in [0.4, 0.5) is 0 Å². The Morgan fingerprint density at radius 3 is 2.80 bits per heavy atom. The number of furan rings is 1. The Morgan fingerprint density at radius 2 is 2.27 bits per heavy atom. The second kappa shape index (κ2) is 4.56. The van der Waals surface area contributed by atoms with Crippen LogP contribution >= 0.6 is 11.6 Å². The van der Waals surface area contributed by atoms with Crippen molar-refractivity contribution in [2.45, 2.75) is 25.8 Å². The summed E-state index contributed by atoms with van der Waals surface area (Å²) in [5, 5.41) is 12.7. The molecule has 0 aliphatic heterocycles. The topological polar surface area (TPSA) is 45.4 Å². The first-order valence-corrected chi connectivity index (χ1v) is 5.68. The molecule has 15 heavy (non-hydrogen) atoms. The molecule has 1 fully saturated rings. The van der Waals surface area contributed by atoms with Gasteiger partial charge in [-0.15, -0.1) is 0 Å². The van der Waals surface area contributed by atoms with E-state index in [4.69, 9.17) is 21.1 Å². The van der Waals surface area contributed by atoms with Gasteiger partial charge < -0.3 is 14.8 Å². The van der Waals surface area contributed by atoms with Gasteiger partial charge in [-0.2, -0.15) is 0 Å².